The molecule has 0 aliphatic heterocycles. The van der Waals surface area contributed by atoms with E-state index in [1.54, 1.807) is 0 Å². The van der Waals surface area contributed by atoms with Gasteiger partial charge in [-0.3, -0.25) is 9.97 Å². The van der Waals surface area contributed by atoms with Crippen molar-refractivity contribution < 1.29 is 0 Å². The molecule has 0 atom stereocenters. The van der Waals surface area contributed by atoms with E-state index < -0.39 is 0 Å². The SMILES string of the molecule is c1ccc(N(c2cccc(-c3cccc(-c4cccnc4)c3)c2)c2cccc(-c3cccc(-c4ccc5c(c4)c4ccccc4n5-c4ccc5sc6ccc(-c7cccnc7)cc6c5c4)c3)c2)cc1. The fourth-order valence-corrected chi connectivity index (χ4v) is 11.1. The van der Waals surface area contributed by atoms with Gasteiger partial charge < -0.3 is 9.47 Å². The summed E-state index contributed by atoms with van der Waals surface area (Å²) in [5, 5.41) is 5.01. The molecule has 324 valence electrons. The smallest absolute Gasteiger partial charge is 0.0541 e. The molecule has 0 spiro atoms. The average Bonchev–Trinajstić information content (AvgIpc) is 3.96. The van der Waals surface area contributed by atoms with Crippen LogP contribution in [0.25, 0.3) is 103 Å². The third-order valence-corrected chi connectivity index (χ3v) is 14.5. The third kappa shape index (κ3) is 7.42. The molecule has 0 N–H and O–H groups in total. The zero-order chi connectivity index (χ0) is 45.7. The van der Waals surface area contributed by atoms with E-state index >= 15 is 0 Å². The Morgan fingerprint density at radius 3 is 1.41 bits per heavy atom. The third-order valence-electron chi connectivity index (χ3n) is 13.3. The highest BCUT2D eigenvalue weighted by atomic mass is 32.1. The lowest BCUT2D eigenvalue weighted by Gasteiger charge is -2.26. The molecule has 4 heterocycles. The van der Waals surface area contributed by atoms with Crippen LogP contribution in [0.15, 0.2) is 255 Å². The van der Waals surface area contributed by atoms with Gasteiger partial charge in [-0.2, -0.15) is 0 Å². The van der Waals surface area contributed by atoms with Crippen molar-refractivity contribution in [2.75, 3.05) is 4.90 Å². The lowest BCUT2D eigenvalue weighted by Crippen LogP contribution is -2.10. The van der Waals surface area contributed by atoms with Crippen molar-refractivity contribution in [1.82, 2.24) is 14.5 Å². The Morgan fingerprint density at radius 2 is 0.768 bits per heavy atom. The maximum atomic E-state index is 4.38. The van der Waals surface area contributed by atoms with E-state index in [2.05, 4.69) is 238 Å². The lowest BCUT2D eigenvalue weighted by atomic mass is 9.97. The number of hydrogen-bond donors (Lipinski definition) is 0. The Labute approximate surface area is 404 Å². The Kier molecular flexibility index (Phi) is 9.99. The summed E-state index contributed by atoms with van der Waals surface area (Å²) in [5.74, 6) is 0. The van der Waals surface area contributed by atoms with Gasteiger partial charge in [-0.05, 0) is 154 Å². The van der Waals surface area contributed by atoms with Crippen LogP contribution in [0.4, 0.5) is 17.1 Å². The fraction of sp³-hybridized carbons (Fsp3) is 0. The first kappa shape index (κ1) is 40.4. The van der Waals surface area contributed by atoms with E-state index in [4.69, 9.17) is 0 Å². The molecule has 4 nitrogen and oxygen atoms in total. The second kappa shape index (κ2) is 17.1. The van der Waals surface area contributed by atoms with E-state index in [0.717, 1.165) is 61.7 Å². The highest BCUT2D eigenvalue weighted by molar-refractivity contribution is 7.25. The van der Waals surface area contributed by atoms with Crippen LogP contribution in [-0.2, 0) is 0 Å². The first-order valence-electron chi connectivity index (χ1n) is 23.3. The molecule has 0 saturated carbocycles. The highest BCUT2D eigenvalue weighted by Gasteiger charge is 2.18. The van der Waals surface area contributed by atoms with Gasteiger partial charge in [-0.15, -0.1) is 11.3 Å². The zero-order valence-corrected chi connectivity index (χ0v) is 38.3. The number of benzene rings is 9. The van der Waals surface area contributed by atoms with Crippen LogP contribution in [0.5, 0.6) is 0 Å². The van der Waals surface area contributed by atoms with E-state index in [1.165, 1.54) is 58.7 Å². The Hall–Kier alpha value is -8.90. The molecule has 0 aliphatic rings. The summed E-state index contributed by atoms with van der Waals surface area (Å²) in [5.41, 5.74) is 18.3. The molecule has 13 rings (SSSR count). The van der Waals surface area contributed by atoms with Gasteiger partial charge in [0.25, 0.3) is 0 Å². The van der Waals surface area contributed by atoms with Gasteiger partial charge in [0, 0.05) is 89.6 Å². The van der Waals surface area contributed by atoms with Crippen molar-refractivity contribution in [2.24, 2.45) is 0 Å². The number of thiophene rings is 1. The molecule has 0 amide bonds. The van der Waals surface area contributed by atoms with Crippen molar-refractivity contribution in [2.45, 2.75) is 0 Å². The van der Waals surface area contributed by atoms with Gasteiger partial charge in [-0.25, -0.2) is 0 Å². The minimum Gasteiger partial charge on any atom is -0.310 e. The fourth-order valence-electron chi connectivity index (χ4n) is 10.0. The standard InChI is InChI=1S/C64H42N4S/c1-2-20-53(21-3-1)67(55-23-9-17-48(37-55)44-13-7-15-46(35-44)51-18-10-32-65-41-51)54-22-8-16-47(36-54)43-12-6-14-45(34-43)49-26-29-62-58(38-49)57-24-4-5-25-61(57)68(62)56-28-31-64-60(40-56)59-39-50(27-30-63(59)69-64)52-19-11-33-66-42-52/h1-42H. The Balaban J connectivity index is 0.859. The summed E-state index contributed by atoms with van der Waals surface area (Å²) < 4.78 is 5.00. The molecule has 0 radical (unpaired) electrons. The normalized spacial score (nSPS) is 11.5. The average molecular weight is 899 g/mol. The number of nitrogens with zero attached hydrogens (tertiary/aromatic N) is 4. The Bertz CT molecular complexity index is 4020. The zero-order valence-electron chi connectivity index (χ0n) is 37.4. The topological polar surface area (TPSA) is 34.0 Å². The number of fused-ring (bicyclic) bond motifs is 6. The second-order valence-electron chi connectivity index (χ2n) is 17.5. The molecule has 0 fully saturated rings. The van der Waals surface area contributed by atoms with Gasteiger partial charge in [0.05, 0.1) is 11.0 Å². The van der Waals surface area contributed by atoms with E-state index in [1.807, 2.05) is 48.3 Å². The molecule has 9 aromatic carbocycles. The van der Waals surface area contributed by atoms with Crippen LogP contribution in [0.3, 0.4) is 0 Å². The molecule has 5 heteroatoms. The minimum absolute atomic E-state index is 1.09. The van der Waals surface area contributed by atoms with Crippen LogP contribution in [0.1, 0.15) is 0 Å². The van der Waals surface area contributed by atoms with Gasteiger partial charge in [0.1, 0.15) is 0 Å². The molecule has 0 aliphatic carbocycles. The molecule has 69 heavy (non-hydrogen) atoms. The number of aromatic nitrogens is 3. The maximum Gasteiger partial charge on any atom is 0.0541 e. The first-order valence-corrected chi connectivity index (χ1v) is 24.1. The molecule has 0 bridgehead atoms. The van der Waals surface area contributed by atoms with Crippen molar-refractivity contribution in [3.63, 3.8) is 0 Å². The predicted octanol–water partition coefficient (Wildman–Crippen LogP) is 17.7. The summed E-state index contributed by atoms with van der Waals surface area (Å²) in [6.45, 7) is 0. The van der Waals surface area contributed by atoms with Gasteiger partial charge in [0.15, 0.2) is 0 Å². The molecular formula is C64H42N4S. The molecular weight excluding hydrogens is 857 g/mol. The number of para-hydroxylation sites is 2. The van der Waals surface area contributed by atoms with Crippen LogP contribution >= 0.6 is 11.3 Å². The maximum absolute atomic E-state index is 4.38. The molecule has 0 unspecified atom stereocenters. The van der Waals surface area contributed by atoms with Crippen molar-refractivity contribution in [3.8, 4) is 61.3 Å². The number of anilines is 3. The minimum atomic E-state index is 1.09. The van der Waals surface area contributed by atoms with Crippen LogP contribution < -0.4 is 4.90 Å². The lowest BCUT2D eigenvalue weighted by molar-refractivity contribution is 1.19. The van der Waals surface area contributed by atoms with Gasteiger partial charge in [-0.1, -0.05) is 121 Å². The van der Waals surface area contributed by atoms with E-state index in [-0.39, 0.29) is 0 Å². The number of hydrogen-bond acceptors (Lipinski definition) is 4. The number of rotatable bonds is 9. The van der Waals surface area contributed by atoms with E-state index in [0.29, 0.717) is 0 Å². The van der Waals surface area contributed by atoms with Crippen LogP contribution in [0.2, 0.25) is 0 Å². The number of pyridine rings is 2. The highest BCUT2D eigenvalue weighted by Crippen LogP contribution is 2.42. The first-order chi connectivity index (χ1) is 34.2. The summed E-state index contributed by atoms with van der Waals surface area (Å²) in [6.07, 6.45) is 7.50. The van der Waals surface area contributed by atoms with Crippen LogP contribution in [0, 0.1) is 0 Å². The summed E-state index contributed by atoms with van der Waals surface area (Å²) >= 11 is 1.85. The Morgan fingerprint density at radius 1 is 0.304 bits per heavy atom. The van der Waals surface area contributed by atoms with Crippen molar-refractivity contribution >= 4 is 70.4 Å². The summed E-state index contributed by atoms with van der Waals surface area (Å²) in [4.78, 5) is 11.1. The van der Waals surface area contributed by atoms with E-state index in [9.17, 15) is 0 Å². The quantitative estimate of drug-likeness (QED) is 0.145. The summed E-state index contributed by atoms with van der Waals surface area (Å²) in [7, 11) is 0. The van der Waals surface area contributed by atoms with Crippen molar-refractivity contribution in [3.05, 3.63) is 255 Å². The molecule has 0 saturated heterocycles. The molecule has 13 aromatic rings. The van der Waals surface area contributed by atoms with Crippen molar-refractivity contribution in [1.29, 1.82) is 0 Å². The second-order valence-corrected chi connectivity index (χ2v) is 18.6. The monoisotopic (exact) mass is 898 g/mol. The largest absolute Gasteiger partial charge is 0.310 e. The van der Waals surface area contributed by atoms with Gasteiger partial charge >= 0.3 is 0 Å². The van der Waals surface area contributed by atoms with Crippen LogP contribution in [-0.4, -0.2) is 14.5 Å². The predicted molar refractivity (Wildman–Crippen MR) is 291 cm³/mol. The summed E-state index contributed by atoms with van der Waals surface area (Å²) in [6, 6.07) is 83.7. The van der Waals surface area contributed by atoms with Gasteiger partial charge in [0.2, 0.25) is 0 Å². The molecule has 4 aromatic heterocycles.